The molecular weight excluding hydrogens is 534 g/mol. The Hall–Kier alpha value is -5.80. The maximum Gasteiger partial charge on any atom is 0.0708 e. The van der Waals surface area contributed by atoms with Crippen molar-refractivity contribution in [3.05, 3.63) is 164 Å². The molecule has 7 aromatic rings. The van der Waals surface area contributed by atoms with E-state index in [-0.39, 0.29) is 0 Å². The lowest BCUT2D eigenvalue weighted by Crippen LogP contribution is -2.11. The number of pyridine rings is 2. The molecule has 0 bridgehead atoms. The second-order valence-corrected chi connectivity index (χ2v) is 11.2. The first-order chi connectivity index (χ1) is 21.7. The lowest BCUT2D eigenvalue weighted by Gasteiger charge is -2.28. The number of fused-ring (bicyclic) bond motifs is 5. The highest BCUT2D eigenvalue weighted by Crippen LogP contribution is 2.51. The minimum atomic E-state index is 0.942. The van der Waals surface area contributed by atoms with Crippen LogP contribution in [0.25, 0.3) is 55.9 Å². The number of rotatable bonds is 4. The average molecular weight is 564 g/mol. The van der Waals surface area contributed by atoms with E-state index in [0.29, 0.717) is 0 Å². The van der Waals surface area contributed by atoms with Crippen molar-refractivity contribution in [3.63, 3.8) is 0 Å². The van der Waals surface area contributed by atoms with Gasteiger partial charge in [0.1, 0.15) is 0 Å². The minimum Gasteiger partial charge on any atom is -0.309 e. The van der Waals surface area contributed by atoms with Crippen LogP contribution in [0.5, 0.6) is 0 Å². The van der Waals surface area contributed by atoms with Crippen molar-refractivity contribution in [2.45, 2.75) is 6.92 Å². The molecule has 0 saturated heterocycles. The number of aromatic nitrogens is 2. The standard InChI is InChI=1S/C41H29N3/c1-28-20-22-42-38(24-28)32-18-19-37-35-15-6-5-14-34(35)36-16-7-8-17-40(36)44(41(37)27-32)33-13-9-12-31(25-33)39-26-30(21-23-43-39)29-10-3-2-4-11-29/h2-27H,1H3. The smallest absolute Gasteiger partial charge is 0.0708 e. The summed E-state index contributed by atoms with van der Waals surface area (Å²) in [5.74, 6) is 0. The Balaban J connectivity index is 1.34. The third-order valence-corrected chi connectivity index (χ3v) is 8.37. The lowest BCUT2D eigenvalue weighted by atomic mass is 9.94. The van der Waals surface area contributed by atoms with Crippen LogP contribution < -0.4 is 4.90 Å². The fraction of sp³-hybridized carbons (Fsp3) is 0.0244. The van der Waals surface area contributed by atoms with Gasteiger partial charge in [0.05, 0.1) is 22.8 Å². The SMILES string of the molecule is Cc1ccnc(-c2ccc3c(c2)N(c2cccc(-c4cc(-c5ccccc5)ccn4)c2)c2ccccc2-c2ccccc2-3)c1. The topological polar surface area (TPSA) is 29.0 Å². The summed E-state index contributed by atoms with van der Waals surface area (Å²) in [5, 5.41) is 0. The number of hydrogen-bond acceptors (Lipinski definition) is 3. The van der Waals surface area contributed by atoms with Crippen LogP contribution >= 0.6 is 0 Å². The van der Waals surface area contributed by atoms with E-state index in [2.05, 4.69) is 145 Å². The van der Waals surface area contributed by atoms with Crippen LogP contribution in [0.3, 0.4) is 0 Å². The third kappa shape index (κ3) is 4.56. The molecular formula is C41H29N3. The van der Waals surface area contributed by atoms with Gasteiger partial charge in [0.15, 0.2) is 0 Å². The molecule has 3 nitrogen and oxygen atoms in total. The molecule has 0 amide bonds. The second-order valence-electron chi connectivity index (χ2n) is 11.2. The number of aryl methyl sites for hydroxylation is 1. The van der Waals surface area contributed by atoms with Crippen LogP contribution in [0.2, 0.25) is 0 Å². The Bertz CT molecular complexity index is 2150. The molecule has 0 aliphatic carbocycles. The zero-order valence-corrected chi connectivity index (χ0v) is 24.4. The first-order valence-electron chi connectivity index (χ1n) is 14.9. The highest BCUT2D eigenvalue weighted by Gasteiger charge is 2.26. The van der Waals surface area contributed by atoms with Crippen molar-refractivity contribution < 1.29 is 0 Å². The quantitative estimate of drug-likeness (QED) is 0.213. The van der Waals surface area contributed by atoms with Crippen molar-refractivity contribution in [1.29, 1.82) is 0 Å². The van der Waals surface area contributed by atoms with E-state index in [0.717, 1.165) is 45.1 Å². The summed E-state index contributed by atoms with van der Waals surface area (Å²) in [5.41, 5.74) is 15.7. The van der Waals surface area contributed by atoms with Crippen molar-refractivity contribution in [3.8, 4) is 55.9 Å². The number of para-hydroxylation sites is 1. The summed E-state index contributed by atoms with van der Waals surface area (Å²) in [6.45, 7) is 2.11. The first-order valence-corrected chi connectivity index (χ1v) is 14.9. The summed E-state index contributed by atoms with van der Waals surface area (Å²) in [6.07, 6.45) is 3.79. The zero-order valence-electron chi connectivity index (χ0n) is 24.4. The molecule has 2 aromatic heterocycles. The molecule has 5 aromatic carbocycles. The van der Waals surface area contributed by atoms with Crippen molar-refractivity contribution in [2.24, 2.45) is 0 Å². The molecule has 0 atom stereocenters. The zero-order chi connectivity index (χ0) is 29.5. The maximum absolute atomic E-state index is 4.80. The highest BCUT2D eigenvalue weighted by molar-refractivity contribution is 6.03. The monoisotopic (exact) mass is 563 g/mol. The number of anilines is 3. The van der Waals surface area contributed by atoms with E-state index in [1.54, 1.807) is 0 Å². The molecule has 1 aliphatic heterocycles. The predicted molar refractivity (Wildman–Crippen MR) is 182 cm³/mol. The van der Waals surface area contributed by atoms with E-state index < -0.39 is 0 Å². The molecule has 208 valence electrons. The van der Waals surface area contributed by atoms with E-state index in [9.17, 15) is 0 Å². The molecule has 0 unspecified atom stereocenters. The van der Waals surface area contributed by atoms with Crippen LogP contribution in [-0.4, -0.2) is 9.97 Å². The molecule has 0 saturated carbocycles. The van der Waals surface area contributed by atoms with Gasteiger partial charge in [0, 0.05) is 40.3 Å². The summed E-state index contributed by atoms with van der Waals surface area (Å²) < 4.78 is 0. The van der Waals surface area contributed by atoms with Crippen LogP contribution in [0.4, 0.5) is 17.1 Å². The average Bonchev–Trinajstić information content (AvgIpc) is 3.21. The molecule has 44 heavy (non-hydrogen) atoms. The number of benzene rings is 5. The number of nitrogens with zero attached hydrogens (tertiary/aromatic N) is 3. The Kier molecular flexibility index (Phi) is 6.35. The normalized spacial score (nSPS) is 11.7. The van der Waals surface area contributed by atoms with Gasteiger partial charge in [-0.15, -0.1) is 0 Å². The Morgan fingerprint density at radius 3 is 1.84 bits per heavy atom. The molecule has 1 aliphatic rings. The third-order valence-electron chi connectivity index (χ3n) is 8.37. The van der Waals surface area contributed by atoms with Gasteiger partial charge < -0.3 is 4.90 Å². The van der Waals surface area contributed by atoms with Crippen LogP contribution in [0.1, 0.15) is 5.56 Å². The van der Waals surface area contributed by atoms with Gasteiger partial charge in [0.2, 0.25) is 0 Å². The van der Waals surface area contributed by atoms with E-state index in [1.165, 1.54) is 33.4 Å². The van der Waals surface area contributed by atoms with Crippen LogP contribution in [0, 0.1) is 6.92 Å². The van der Waals surface area contributed by atoms with Crippen molar-refractivity contribution >= 4 is 17.1 Å². The van der Waals surface area contributed by atoms with E-state index >= 15 is 0 Å². The summed E-state index contributed by atoms with van der Waals surface area (Å²) in [7, 11) is 0. The largest absolute Gasteiger partial charge is 0.309 e. The Labute approximate surface area is 257 Å². The molecule has 3 heteroatoms. The molecule has 8 rings (SSSR count). The molecule has 0 radical (unpaired) electrons. The summed E-state index contributed by atoms with van der Waals surface area (Å²) in [4.78, 5) is 11.9. The highest BCUT2D eigenvalue weighted by atomic mass is 15.1. The van der Waals surface area contributed by atoms with Crippen molar-refractivity contribution in [1.82, 2.24) is 9.97 Å². The first kappa shape index (κ1) is 25.9. The van der Waals surface area contributed by atoms with Crippen LogP contribution in [0.15, 0.2) is 158 Å². The van der Waals surface area contributed by atoms with Gasteiger partial charge in [0.25, 0.3) is 0 Å². The van der Waals surface area contributed by atoms with E-state index in [4.69, 9.17) is 9.97 Å². The Morgan fingerprint density at radius 2 is 1.05 bits per heavy atom. The van der Waals surface area contributed by atoms with Gasteiger partial charge in [-0.05, 0) is 83.3 Å². The fourth-order valence-electron chi connectivity index (χ4n) is 6.26. The van der Waals surface area contributed by atoms with E-state index in [1.807, 2.05) is 24.5 Å². The van der Waals surface area contributed by atoms with Gasteiger partial charge in [-0.2, -0.15) is 0 Å². The predicted octanol–water partition coefficient (Wildman–Crippen LogP) is 10.9. The van der Waals surface area contributed by atoms with Crippen LogP contribution in [-0.2, 0) is 0 Å². The maximum atomic E-state index is 4.80. The molecule has 3 heterocycles. The van der Waals surface area contributed by atoms with Gasteiger partial charge in [-0.1, -0.05) is 97.1 Å². The summed E-state index contributed by atoms with van der Waals surface area (Å²) >= 11 is 0. The lowest BCUT2D eigenvalue weighted by molar-refractivity contribution is 1.27. The Morgan fingerprint density at radius 1 is 0.409 bits per heavy atom. The molecule has 0 N–H and O–H groups in total. The summed E-state index contributed by atoms with van der Waals surface area (Å²) in [6, 6.07) is 51.8. The fourth-order valence-corrected chi connectivity index (χ4v) is 6.26. The van der Waals surface area contributed by atoms with Gasteiger partial charge in [-0.25, -0.2) is 0 Å². The molecule has 0 fully saturated rings. The van der Waals surface area contributed by atoms with Crippen molar-refractivity contribution in [2.75, 3.05) is 4.90 Å². The van der Waals surface area contributed by atoms with Gasteiger partial charge in [-0.3, -0.25) is 9.97 Å². The van der Waals surface area contributed by atoms with Gasteiger partial charge >= 0.3 is 0 Å². The second kappa shape index (κ2) is 10.8. The minimum absolute atomic E-state index is 0.942. The molecule has 0 spiro atoms. The number of hydrogen-bond donors (Lipinski definition) is 0.